The van der Waals surface area contributed by atoms with Crippen molar-refractivity contribution in [2.75, 3.05) is 0 Å². The summed E-state index contributed by atoms with van der Waals surface area (Å²) in [5.74, 6) is 0. The molecule has 0 radical (unpaired) electrons. The minimum absolute atomic E-state index is 0.324. The molecule has 1 aliphatic rings. The number of aliphatic hydroxyl groups is 3. The number of alkyl halides is 1. The quantitative estimate of drug-likeness (QED) is 0.519. The standard InChI is InChI=1S/C7H13FO4/c1-2-3(9)6-4(8)5(10)7(11)12-6/h3-7,9-11H,2H2,1H3/t3?,4-,5?,6+,7?/m0/s1. The van der Waals surface area contributed by atoms with Crippen molar-refractivity contribution in [2.24, 2.45) is 0 Å². The molecule has 0 aromatic carbocycles. The molecule has 72 valence electrons. The highest BCUT2D eigenvalue weighted by molar-refractivity contribution is 4.89. The van der Waals surface area contributed by atoms with Crippen LogP contribution in [0.2, 0.25) is 0 Å². The first-order valence-electron chi connectivity index (χ1n) is 3.91. The summed E-state index contributed by atoms with van der Waals surface area (Å²) in [6, 6.07) is 0. The normalized spacial score (nSPS) is 44.8. The molecule has 0 aromatic rings. The van der Waals surface area contributed by atoms with E-state index in [1.807, 2.05) is 0 Å². The summed E-state index contributed by atoms with van der Waals surface area (Å²) in [7, 11) is 0. The first-order chi connectivity index (χ1) is 5.57. The van der Waals surface area contributed by atoms with E-state index in [-0.39, 0.29) is 0 Å². The SMILES string of the molecule is CCC(O)[C@H]1OC(O)C(O)[C@@H]1F. The van der Waals surface area contributed by atoms with Gasteiger partial charge in [0.25, 0.3) is 0 Å². The van der Waals surface area contributed by atoms with Crippen LogP contribution in [0, 0.1) is 0 Å². The molecule has 3 unspecified atom stereocenters. The lowest BCUT2D eigenvalue weighted by atomic mass is 10.1. The molecule has 1 rings (SSSR count). The van der Waals surface area contributed by atoms with E-state index >= 15 is 0 Å². The van der Waals surface area contributed by atoms with Gasteiger partial charge in [-0.3, -0.25) is 0 Å². The van der Waals surface area contributed by atoms with Crippen LogP contribution in [0.5, 0.6) is 0 Å². The second-order valence-corrected chi connectivity index (χ2v) is 2.90. The summed E-state index contributed by atoms with van der Waals surface area (Å²) in [5.41, 5.74) is 0. The summed E-state index contributed by atoms with van der Waals surface area (Å²) in [6.07, 6.45) is -6.55. The highest BCUT2D eigenvalue weighted by Gasteiger charge is 2.46. The smallest absolute Gasteiger partial charge is 0.184 e. The Hall–Kier alpha value is -0.230. The zero-order valence-corrected chi connectivity index (χ0v) is 6.72. The minimum Gasteiger partial charge on any atom is -0.390 e. The number of ether oxygens (including phenoxy) is 1. The Bertz CT molecular complexity index is 154. The highest BCUT2D eigenvalue weighted by Crippen LogP contribution is 2.25. The van der Waals surface area contributed by atoms with Gasteiger partial charge in [0.05, 0.1) is 6.10 Å². The summed E-state index contributed by atoms with van der Waals surface area (Å²) < 4.78 is 17.6. The molecule has 0 aliphatic carbocycles. The first kappa shape index (κ1) is 9.85. The average Bonchev–Trinajstić information content (AvgIpc) is 2.32. The predicted molar refractivity (Wildman–Crippen MR) is 38.1 cm³/mol. The molecule has 1 aliphatic heterocycles. The summed E-state index contributed by atoms with van der Waals surface area (Å²) in [5, 5.41) is 27.0. The first-order valence-corrected chi connectivity index (χ1v) is 3.91. The lowest BCUT2D eigenvalue weighted by molar-refractivity contribution is -0.145. The van der Waals surface area contributed by atoms with Crippen molar-refractivity contribution in [3.8, 4) is 0 Å². The lowest BCUT2D eigenvalue weighted by Crippen LogP contribution is -2.35. The van der Waals surface area contributed by atoms with Crippen LogP contribution in [-0.4, -0.2) is 46.1 Å². The fourth-order valence-corrected chi connectivity index (χ4v) is 1.20. The van der Waals surface area contributed by atoms with Gasteiger partial charge < -0.3 is 20.1 Å². The summed E-state index contributed by atoms with van der Waals surface area (Å²) in [6.45, 7) is 1.66. The van der Waals surface area contributed by atoms with Crippen LogP contribution in [0.4, 0.5) is 4.39 Å². The second kappa shape index (κ2) is 3.66. The molecule has 0 aromatic heterocycles. The number of rotatable bonds is 2. The third-order valence-electron chi connectivity index (χ3n) is 2.03. The Morgan fingerprint density at radius 3 is 2.42 bits per heavy atom. The molecule has 1 saturated heterocycles. The van der Waals surface area contributed by atoms with Crippen molar-refractivity contribution in [1.29, 1.82) is 0 Å². The molecule has 1 fully saturated rings. The lowest BCUT2D eigenvalue weighted by Gasteiger charge is -2.17. The van der Waals surface area contributed by atoms with E-state index in [2.05, 4.69) is 4.74 Å². The molecular weight excluding hydrogens is 167 g/mol. The zero-order chi connectivity index (χ0) is 9.30. The highest BCUT2D eigenvalue weighted by atomic mass is 19.1. The van der Waals surface area contributed by atoms with E-state index in [4.69, 9.17) is 10.2 Å². The Labute approximate surface area is 69.6 Å². The monoisotopic (exact) mass is 180 g/mol. The van der Waals surface area contributed by atoms with Crippen LogP contribution in [0.25, 0.3) is 0 Å². The molecule has 12 heavy (non-hydrogen) atoms. The maximum absolute atomic E-state index is 13.0. The van der Waals surface area contributed by atoms with Crippen molar-refractivity contribution in [3.05, 3.63) is 0 Å². The van der Waals surface area contributed by atoms with Crippen LogP contribution < -0.4 is 0 Å². The van der Waals surface area contributed by atoms with E-state index < -0.39 is 30.8 Å². The predicted octanol–water partition coefficient (Wildman–Crippen LogP) is -0.827. The Balaban J connectivity index is 2.58. The topological polar surface area (TPSA) is 69.9 Å². The molecule has 0 amide bonds. The van der Waals surface area contributed by atoms with Crippen molar-refractivity contribution in [1.82, 2.24) is 0 Å². The molecule has 0 saturated carbocycles. The van der Waals surface area contributed by atoms with Gasteiger partial charge in [-0.1, -0.05) is 6.92 Å². The minimum atomic E-state index is -1.71. The molecule has 3 N–H and O–H groups in total. The number of hydrogen-bond donors (Lipinski definition) is 3. The Morgan fingerprint density at radius 1 is 1.50 bits per heavy atom. The van der Waals surface area contributed by atoms with Crippen molar-refractivity contribution in [2.45, 2.75) is 44.1 Å². The fraction of sp³-hybridized carbons (Fsp3) is 1.00. The number of halogens is 1. The summed E-state index contributed by atoms with van der Waals surface area (Å²) >= 11 is 0. The number of hydrogen-bond acceptors (Lipinski definition) is 4. The van der Waals surface area contributed by atoms with Gasteiger partial charge in [-0.05, 0) is 6.42 Å². The van der Waals surface area contributed by atoms with Crippen molar-refractivity contribution in [3.63, 3.8) is 0 Å². The van der Waals surface area contributed by atoms with E-state index in [0.717, 1.165) is 0 Å². The van der Waals surface area contributed by atoms with Gasteiger partial charge in [-0.15, -0.1) is 0 Å². The third-order valence-corrected chi connectivity index (χ3v) is 2.03. The third kappa shape index (κ3) is 1.59. The molecule has 1 heterocycles. The molecule has 0 spiro atoms. The van der Waals surface area contributed by atoms with E-state index in [1.54, 1.807) is 6.92 Å². The molecule has 4 nitrogen and oxygen atoms in total. The van der Waals surface area contributed by atoms with Crippen LogP contribution in [0.3, 0.4) is 0 Å². The Kier molecular flexibility index (Phi) is 3.00. The number of aliphatic hydroxyl groups excluding tert-OH is 3. The van der Waals surface area contributed by atoms with E-state index in [9.17, 15) is 9.50 Å². The molecular formula is C7H13FO4. The second-order valence-electron chi connectivity index (χ2n) is 2.90. The van der Waals surface area contributed by atoms with Crippen LogP contribution >= 0.6 is 0 Å². The molecule has 5 heteroatoms. The zero-order valence-electron chi connectivity index (χ0n) is 6.72. The summed E-state index contributed by atoms with van der Waals surface area (Å²) in [4.78, 5) is 0. The maximum Gasteiger partial charge on any atom is 0.184 e. The van der Waals surface area contributed by atoms with Crippen molar-refractivity contribution >= 4 is 0 Å². The van der Waals surface area contributed by atoms with Gasteiger partial charge in [-0.2, -0.15) is 0 Å². The van der Waals surface area contributed by atoms with E-state index in [1.165, 1.54) is 0 Å². The Morgan fingerprint density at radius 2 is 2.08 bits per heavy atom. The maximum atomic E-state index is 13.0. The van der Waals surface area contributed by atoms with E-state index in [0.29, 0.717) is 6.42 Å². The van der Waals surface area contributed by atoms with Crippen molar-refractivity contribution < 1.29 is 24.4 Å². The largest absolute Gasteiger partial charge is 0.390 e. The molecule has 5 atom stereocenters. The fourth-order valence-electron chi connectivity index (χ4n) is 1.20. The van der Waals surface area contributed by atoms with Crippen LogP contribution in [0.1, 0.15) is 13.3 Å². The van der Waals surface area contributed by atoms with Gasteiger partial charge in [-0.25, -0.2) is 4.39 Å². The molecule has 0 bridgehead atoms. The van der Waals surface area contributed by atoms with Crippen LogP contribution in [0.15, 0.2) is 0 Å². The van der Waals surface area contributed by atoms with Crippen LogP contribution in [-0.2, 0) is 4.74 Å². The average molecular weight is 180 g/mol. The van der Waals surface area contributed by atoms with Gasteiger partial charge in [0.15, 0.2) is 12.5 Å². The van der Waals surface area contributed by atoms with Gasteiger partial charge in [0, 0.05) is 0 Å². The van der Waals surface area contributed by atoms with Gasteiger partial charge in [0.2, 0.25) is 0 Å². The van der Waals surface area contributed by atoms with Gasteiger partial charge >= 0.3 is 0 Å². The van der Waals surface area contributed by atoms with Gasteiger partial charge in [0.1, 0.15) is 12.2 Å².